The number of hydrogen-bond acceptors (Lipinski definition) is 2. The van der Waals surface area contributed by atoms with Gasteiger partial charge in [0.25, 0.3) is 0 Å². The van der Waals surface area contributed by atoms with E-state index in [0.29, 0.717) is 11.3 Å². The fourth-order valence-corrected chi connectivity index (χ4v) is 2.61. The number of rotatable bonds is 0. The first-order valence-electron chi connectivity index (χ1n) is 3.71. The van der Waals surface area contributed by atoms with Crippen molar-refractivity contribution < 1.29 is 13.2 Å². The molecule has 0 unspecified atom stereocenters. The molecular formula is C8H2Cl2F3NS. The third-order valence-corrected chi connectivity index (χ3v) is 3.28. The van der Waals surface area contributed by atoms with Gasteiger partial charge in [0.15, 0.2) is 0 Å². The summed E-state index contributed by atoms with van der Waals surface area (Å²) in [5.41, 5.74) is 0. The zero-order chi connectivity index (χ0) is 11.2. The maximum absolute atomic E-state index is 12.4. The van der Waals surface area contributed by atoms with Gasteiger partial charge in [-0.25, -0.2) is 4.98 Å². The van der Waals surface area contributed by atoms with Gasteiger partial charge in [-0.2, -0.15) is 13.2 Å². The van der Waals surface area contributed by atoms with Crippen molar-refractivity contribution in [2.45, 2.75) is 6.18 Å². The summed E-state index contributed by atoms with van der Waals surface area (Å²) in [5.74, 6) is 0. The maximum Gasteiger partial charge on any atom is 0.425 e. The molecule has 0 saturated carbocycles. The van der Waals surface area contributed by atoms with Crippen molar-refractivity contribution in [3.05, 3.63) is 27.2 Å². The third kappa shape index (κ3) is 2.04. The fourth-order valence-electron chi connectivity index (χ4n) is 1.09. The van der Waals surface area contributed by atoms with Crippen molar-refractivity contribution in [2.24, 2.45) is 0 Å². The molecule has 0 amide bonds. The Morgan fingerprint density at radius 2 is 1.87 bits per heavy atom. The topological polar surface area (TPSA) is 12.9 Å². The first-order chi connectivity index (χ1) is 6.88. The van der Waals surface area contributed by atoms with Gasteiger partial charge in [0.1, 0.15) is 14.9 Å². The molecule has 2 heterocycles. The standard InChI is InChI=1S/C8H2Cl2F3NS/c9-4-2-6(10)14-7-3(4)1-5(15-7)8(11,12)13/h1-2H. The lowest BCUT2D eigenvalue weighted by Gasteiger charge is -1.99. The average Bonchev–Trinajstić information content (AvgIpc) is 2.46. The van der Waals surface area contributed by atoms with Gasteiger partial charge in [-0.15, -0.1) is 11.3 Å². The van der Waals surface area contributed by atoms with Crippen LogP contribution >= 0.6 is 34.5 Å². The van der Waals surface area contributed by atoms with Crippen LogP contribution in [0.3, 0.4) is 0 Å². The van der Waals surface area contributed by atoms with E-state index in [1.54, 1.807) is 0 Å². The fraction of sp³-hybridized carbons (Fsp3) is 0.125. The zero-order valence-corrected chi connectivity index (χ0v) is 9.23. The lowest BCUT2D eigenvalue weighted by molar-refractivity contribution is -0.134. The van der Waals surface area contributed by atoms with Gasteiger partial charge in [0.05, 0.1) is 5.02 Å². The van der Waals surface area contributed by atoms with Crippen LogP contribution in [0, 0.1) is 0 Å². The van der Waals surface area contributed by atoms with Crippen LogP contribution in [0.25, 0.3) is 10.2 Å². The van der Waals surface area contributed by atoms with Crippen LogP contribution in [-0.4, -0.2) is 4.98 Å². The third-order valence-electron chi connectivity index (χ3n) is 1.70. The van der Waals surface area contributed by atoms with Crippen molar-refractivity contribution in [3.63, 3.8) is 0 Å². The summed E-state index contributed by atoms with van der Waals surface area (Å²) in [7, 11) is 0. The normalized spacial score (nSPS) is 12.3. The molecule has 0 spiro atoms. The zero-order valence-electron chi connectivity index (χ0n) is 6.90. The second-order valence-electron chi connectivity index (χ2n) is 2.75. The summed E-state index contributed by atoms with van der Waals surface area (Å²) in [6, 6.07) is 2.30. The molecular weight excluding hydrogens is 270 g/mol. The summed E-state index contributed by atoms with van der Waals surface area (Å²) < 4.78 is 37.1. The molecule has 15 heavy (non-hydrogen) atoms. The highest BCUT2D eigenvalue weighted by Gasteiger charge is 2.33. The van der Waals surface area contributed by atoms with E-state index in [1.807, 2.05) is 0 Å². The minimum atomic E-state index is -4.37. The predicted molar refractivity (Wildman–Crippen MR) is 54.6 cm³/mol. The Morgan fingerprint density at radius 3 is 2.47 bits per heavy atom. The molecule has 2 aromatic rings. The van der Waals surface area contributed by atoms with Crippen LogP contribution in [0.4, 0.5) is 13.2 Å². The second kappa shape index (κ2) is 3.50. The molecule has 0 aliphatic rings. The number of pyridine rings is 1. The second-order valence-corrected chi connectivity index (χ2v) is 4.58. The highest BCUT2D eigenvalue weighted by atomic mass is 35.5. The molecule has 0 aliphatic carbocycles. The number of thiophene rings is 1. The van der Waals surface area contributed by atoms with E-state index >= 15 is 0 Å². The van der Waals surface area contributed by atoms with Crippen LogP contribution in [-0.2, 0) is 6.18 Å². The molecule has 2 aromatic heterocycles. The van der Waals surface area contributed by atoms with Gasteiger partial charge in [0.2, 0.25) is 0 Å². The van der Waals surface area contributed by atoms with E-state index in [-0.39, 0.29) is 20.4 Å². The van der Waals surface area contributed by atoms with Crippen LogP contribution in [0.15, 0.2) is 12.1 Å². The summed E-state index contributed by atoms with van der Waals surface area (Å²) in [5, 5.41) is 0.540. The highest BCUT2D eigenvalue weighted by Crippen LogP contribution is 2.39. The largest absolute Gasteiger partial charge is 0.425 e. The van der Waals surface area contributed by atoms with Crippen LogP contribution < -0.4 is 0 Å². The minimum absolute atomic E-state index is 0.0862. The number of alkyl halides is 3. The van der Waals surface area contributed by atoms with Crippen LogP contribution in [0.5, 0.6) is 0 Å². The molecule has 0 bridgehead atoms. The molecule has 1 nitrogen and oxygen atoms in total. The summed E-state index contributed by atoms with van der Waals surface area (Å²) in [6.45, 7) is 0. The van der Waals surface area contributed by atoms with Gasteiger partial charge < -0.3 is 0 Å². The number of aromatic nitrogens is 1. The van der Waals surface area contributed by atoms with Crippen molar-refractivity contribution in [1.29, 1.82) is 0 Å². The maximum atomic E-state index is 12.4. The van der Waals surface area contributed by atoms with Gasteiger partial charge >= 0.3 is 6.18 Å². The van der Waals surface area contributed by atoms with E-state index in [9.17, 15) is 13.2 Å². The van der Waals surface area contributed by atoms with Crippen molar-refractivity contribution in [1.82, 2.24) is 4.98 Å². The van der Waals surface area contributed by atoms with Crippen molar-refractivity contribution >= 4 is 44.8 Å². The molecule has 2 rings (SSSR count). The average molecular weight is 272 g/mol. The molecule has 0 saturated heterocycles. The molecule has 7 heteroatoms. The van der Waals surface area contributed by atoms with Gasteiger partial charge in [-0.1, -0.05) is 23.2 Å². The molecule has 0 radical (unpaired) electrons. The van der Waals surface area contributed by atoms with E-state index in [4.69, 9.17) is 23.2 Å². The molecule has 0 N–H and O–H groups in total. The Bertz CT molecular complexity index is 520. The summed E-state index contributed by atoms with van der Waals surface area (Å²) in [4.78, 5) is 3.24. The number of fused-ring (bicyclic) bond motifs is 1. The molecule has 0 aromatic carbocycles. The van der Waals surface area contributed by atoms with Gasteiger partial charge in [0, 0.05) is 5.39 Å². The van der Waals surface area contributed by atoms with Crippen LogP contribution in [0.1, 0.15) is 4.88 Å². The van der Waals surface area contributed by atoms with E-state index in [0.717, 1.165) is 6.07 Å². The summed E-state index contributed by atoms with van der Waals surface area (Å²) in [6.07, 6.45) is -4.37. The monoisotopic (exact) mass is 271 g/mol. The van der Waals surface area contributed by atoms with Crippen LogP contribution in [0.2, 0.25) is 10.2 Å². The first-order valence-corrected chi connectivity index (χ1v) is 5.28. The lowest BCUT2D eigenvalue weighted by atomic mass is 10.3. The lowest BCUT2D eigenvalue weighted by Crippen LogP contribution is -2.00. The number of hydrogen-bond donors (Lipinski definition) is 0. The smallest absolute Gasteiger partial charge is 0.225 e. The number of halogens is 5. The van der Waals surface area contributed by atoms with Crippen molar-refractivity contribution in [2.75, 3.05) is 0 Å². The molecule has 80 valence electrons. The Morgan fingerprint density at radius 1 is 1.20 bits per heavy atom. The van der Waals surface area contributed by atoms with E-state index in [1.165, 1.54) is 6.07 Å². The van der Waals surface area contributed by atoms with Crippen molar-refractivity contribution in [3.8, 4) is 0 Å². The first kappa shape index (κ1) is 11.0. The Balaban J connectivity index is 2.71. The number of nitrogens with zero attached hydrogens (tertiary/aromatic N) is 1. The predicted octanol–water partition coefficient (Wildman–Crippen LogP) is 4.62. The molecule has 0 fully saturated rings. The highest BCUT2D eigenvalue weighted by molar-refractivity contribution is 7.18. The Labute approximate surface area is 96.4 Å². The molecule has 0 atom stereocenters. The summed E-state index contributed by atoms with van der Waals surface area (Å²) >= 11 is 11.8. The molecule has 0 aliphatic heterocycles. The Hall–Kier alpha value is -0.520. The Kier molecular flexibility index (Phi) is 2.56. The van der Waals surface area contributed by atoms with E-state index < -0.39 is 11.1 Å². The van der Waals surface area contributed by atoms with E-state index in [2.05, 4.69) is 4.98 Å². The minimum Gasteiger partial charge on any atom is -0.225 e. The van der Waals surface area contributed by atoms with Gasteiger partial charge in [-0.05, 0) is 12.1 Å². The van der Waals surface area contributed by atoms with Gasteiger partial charge in [-0.3, -0.25) is 0 Å². The SMILES string of the molecule is FC(F)(F)c1cc2c(Cl)cc(Cl)nc2s1. The quantitative estimate of drug-likeness (QED) is 0.637.